The van der Waals surface area contributed by atoms with Crippen molar-refractivity contribution in [1.29, 1.82) is 0 Å². The maximum atomic E-state index is 12.8. The summed E-state index contributed by atoms with van der Waals surface area (Å²) in [5.74, 6) is 0.298. The molecule has 7 nitrogen and oxygen atoms in total. The maximum absolute atomic E-state index is 12.8. The van der Waals surface area contributed by atoms with Gasteiger partial charge in [-0.25, -0.2) is 0 Å². The number of fused-ring (bicyclic) bond motifs is 1. The molecule has 0 unspecified atom stereocenters. The van der Waals surface area contributed by atoms with E-state index in [-0.39, 0.29) is 22.6 Å². The van der Waals surface area contributed by atoms with Crippen LogP contribution in [0.5, 0.6) is 0 Å². The van der Waals surface area contributed by atoms with E-state index in [1.807, 2.05) is 20.8 Å². The second kappa shape index (κ2) is 5.18. The van der Waals surface area contributed by atoms with Gasteiger partial charge in [-0.2, -0.15) is 5.10 Å². The fourth-order valence-electron chi connectivity index (χ4n) is 2.83. The molecule has 0 aromatic carbocycles. The molecular formula is C16H23N5O2. The Morgan fingerprint density at radius 3 is 2.74 bits per heavy atom. The Hall–Kier alpha value is -2.18. The summed E-state index contributed by atoms with van der Waals surface area (Å²) in [4.78, 5) is 14.6. The van der Waals surface area contributed by atoms with E-state index in [1.165, 1.54) is 0 Å². The number of amides is 1. The van der Waals surface area contributed by atoms with Crippen molar-refractivity contribution in [1.82, 2.24) is 25.3 Å². The third kappa shape index (κ3) is 3.13. The van der Waals surface area contributed by atoms with Gasteiger partial charge in [0, 0.05) is 29.8 Å². The lowest BCUT2D eigenvalue weighted by Gasteiger charge is -2.28. The molecule has 1 aliphatic heterocycles. The Morgan fingerprint density at radius 2 is 2.09 bits per heavy atom. The Labute approximate surface area is 135 Å². The summed E-state index contributed by atoms with van der Waals surface area (Å²) >= 11 is 0. The van der Waals surface area contributed by atoms with Gasteiger partial charge < -0.3 is 9.32 Å². The van der Waals surface area contributed by atoms with Gasteiger partial charge >= 0.3 is 11.8 Å². The molecule has 23 heavy (non-hydrogen) atoms. The molecule has 0 bridgehead atoms. The van der Waals surface area contributed by atoms with E-state index in [0.717, 1.165) is 17.7 Å². The van der Waals surface area contributed by atoms with Crippen LogP contribution in [0.25, 0.3) is 0 Å². The largest absolute Gasteiger partial charge is 0.416 e. The predicted molar refractivity (Wildman–Crippen MR) is 83.8 cm³/mol. The number of nitrogens with zero attached hydrogens (tertiary/aromatic N) is 4. The highest BCUT2D eigenvalue weighted by Gasteiger charge is 2.34. The van der Waals surface area contributed by atoms with Gasteiger partial charge in [0.05, 0.1) is 6.20 Å². The van der Waals surface area contributed by atoms with Crippen LogP contribution >= 0.6 is 0 Å². The van der Waals surface area contributed by atoms with Crippen LogP contribution in [0.1, 0.15) is 62.5 Å². The lowest BCUT2D eigenvalue weighted by Crippen LogP contribution is -2.37. The Morgan fingerprint density at radius 1 is 1.35 bits per heavy atom. The third-order valence-electron chi connectivity index (χ3n) is 3.98. The van der Waals surface area contributed by atoms with Crippen LogP contribution in [0, 0.1) is 5.41 Å². The van der Waals surface area contributed by atoms with Crippen molar-refractivity contribution in [2.24, 2.45) is 5.41 Å². The van der Waals surface area contributed by atoms with E-state index in [4.69, 9.17) is 4.42 Å². The zero-order chi connectivity index (χ0) is 16.8. The molecule has 1 amide bonds. The molecule has 2 aromatic rings. The van der Waals surface area contributed by atoms with Gasteiger partial charge in [0.25, 0.3) is 0 Å². The number of H-pyrrole nitrogens is 1. The zero-order valence-electron chi connectivity index (χ0n) is 14.3. The highest BCUT2D eigenvalue weighted by Crippen LogP contribution is 2.30. The number of carbonyl (C=O) groups excluding carboxylic acids is 1. The van der Waals surface area contributed by atoms with Crippen LogP contribution in [0.15, 0.2) is 10.6 Å². The van der Waals surface area contributed by atoms with E-state index >= 15 is 0 Å². The number of hydrogen-bond acceptors (Lipinski definition) is 5. The maximum Gasteiger partial charge on any atom is 0.311 e. The zero-order valence-corrected chi connectivity index (χ0v) is 14.3. The molecule has 1 N–H and O–H groups in total. The first kappa shape index (κ1) is 15.7. The van der Waals surface area contributed by atoms with Crippen LogP contribution in [-0.4, -0.2) is 37.7 Å². The van der Waals surface area contributed by atoms with Gasteiger partial charge in [-0.1, -0.05) is 34.6 Å². The summed E-state index contributed by atoms with van der Waals surface area (Å²) in [7, 11) is 0. The molecule has 1 aliphatic rings. The minimum absolute atomic E-state index is 0.0534. The van der Waals surface area contributed by atoms with E-state index in [1.54, 1.807) is 11.1 Å². The quantitative estimate of drug-likeness (QED) is 0.872. The first-order valence-corrected chi connectivity index (χ1v) is 7.80. The van der Waals surface area contributed by atoms with Crippen LogP contribution in [0.2, 0.25) is 0 Å². The van der Waals surface area contributed by atoms with E-state index in [9.17, 15) is 4.79 Å². The second-order valence-corrected chi connectivity index (χ2v) is 8.04. The van der Waals surface area contributed by atoms with Crippen molar-refractivity contribution in [2.45, 2.75) is 53.0 Å². The van der Waals surface area contributed by atoms with Crippen LogP contribution in [-0.2, 0) is 18.4 Å². The van der Waals surface area contributed by atoms with Crippen molar-refractivity contribution in [2.75, 3.05) is 6.54 Å². The minimum atomic E-state index is -0.276. The third-order valence-corrected chi connectivity index (χ3v) is 3.98. The first-order valence-electron chi connectivity index (χ1n) is 7.80. The molecule has 0 saturated carbocycles. The van der Waals surface area contributed by atoms with E-state index < -0.39 is 0 Å². The van der Waals surface area contributed by atoms with Crippen molar-refractivity contribution in [3.8, 4) is 0 Å². The average Bonchev–Trinajstić information content (AvgIpc) is 3.04. The number of carbonyl (C=O) groups is 1. The van der Waals surface area contributed by atoms with Gasteiger partial charge in [0.2, 0.25) is 5.89 Å². The van der Waals surface area contributed by atoms with Gasteiger partial charge in [0.15, 0.2) is 0 Å². The van der Waals surface area contributed by atoms with Crippen molar-refractivity contribution in [3.05, 3.63) is 29.2 Å². The van der Waals surface area contributed by atoms with Crippen molar-refractivity contribution in [3.63, 3.8) is 0 Å². The predicted octanol–water partition coefficient (Wildman–Crippen LogP) is 2.31. The number of aromatic amines is 1. The van der Waals surface area contributed by atoms with Crippen LogP contribution < -0.4 is 0 Å². The SMILES string of the molecule is CC1(C)Cc2[nH]ncc2CN(C(=O)c2nnc(C(C)(C)C)o2)C1. The van der Waals surface area contributed by atoms with E-state index in [2.05, 4.69) is 34.2 Å². The molecule has 0 saturated heterocycles. The standard InChI is InChI=1S/C16H23N5O2/c1-15(2,3)14-20-19-12(23-14)13(22)21-8-10-7-17-18-11(10)6-16(4,5)9-21/h7H,6,8-9H2,1-5H3,(H,17,18). The Balaban J connectivity index is 1.88. The molecule has 0 radical (unpaired) electrons. The first-order chi connectivity index (χ1) is 10.7. The number of hydrogen-bond donors (Lipinski definition) is 1. The Bertz CT molecular complexity index is 723. The van der Waals surface area contributed by atoms with Gasteiger partial charge in [-0.15, -0.1) is 10.2 Å². The highest BCUT2D eigenvalue weighted by molar-refractivity contribution is 5.89. The number of rotatable bonds is 1. The summed E-state index contributed by atoms with van der Waals surface area (Å²) in [6.45, 7) is 11.3. The van der Waals surface area contributed by atoms with Gasteiger partial charge in [-0.3, -0.25) is 9.89 Å². The molecule has 0 atom stereocenters. The summed E-state index contributed by atoms with van der Waals surface area (Å²) in [6.07, 6.45) is 2.63. The second-order valence-electron chi connectivity index (χ2n) is 8.04. The molecular weight excluding hydrogens is 294 g/mol. The highest BCUT2D eigenvalue weighted by atomic mass is 16.4. The lowest BCUT2D eigenvalue weighted by molar-refractivity contribution is 0.0636. The average molecular weight is 317 g/mol. The molecule has 0 aliphatic carbocycles. The number of nitrogens with one attached hydrogen (secondary N) is 1. The molecule has 2 aromatic heterocycles. The fourth-order valence-corrected chi connectivity index (χ4v) is 2.83. The normalized spacial score (nSPS) is 17.7. The fraction of sp³-hybridized carbons (Fsp3) is 0.625. The molecule has 3 rings (SSSR count). The van der Waals surface area contributed by atoms with Crippen LogP contribution in [0.3, 0.4) is 0 Å². The summed E-state index contributed by atoms with van der Waals surface area (Å²) in [5.41, 5.74) is 1.80. The van der Waals surface area contributed by atoms with Gasteiger partial charge in [0.1, 0.15) is 0 Å². The smallest absolute Gasteiger partial charge is 0.311 e. The summed E-state index contributed by atoms with van der Waals surface area (Å²) < 4.78 is 5.60. The lowest BCUT2D eigenvalue weighted by atomic mass is 9.88. The van der Waals surface area contributed by atoms with E-state index in [0.29, 0.717) is 19.0 Å². The minimum Gasteiger partial charge on any atom is -0.416 e. The van der Waals surface area contributed by atoms with Crippen LogP contribution in [0.4, 0.5) is 0 Å². The topological polar surface area (TPSA) is 87.9 Å². The molecule has 0 spiro atoms. The number of aromatic nitrogens is 4. The van der Waals surface area contributed by atoms with Crippen molar-refractivity contribution < 1.29 is 9.21 Å². The monoisotopic (exact) mass is 317 g/mol. The Kier molecular flexibility index (Phi) is 3.54. The molecule has 7 heteroatoms. The summed E-state index contributed by atoms with van der Waals surface area (Å²) in [5, 5.41) is 15.1. The molecule has 0 fully saturated rings. The summed E-state index contributed by atoms with van der Waals surface area (Å²) in [6, 6.07) is 0. The van der Waals surface area contributed by atoms with Crippen molar-refractivity contribution >= 4 is 5.91 Å². The molecule has 3 heterocycles. The molecule has 124 valence electrons. The van der Waals surface area contributed by atoms with Gasteiger partial charge in [-0.05, 0) is 11.8 Å².